The molecule has 2 atom stereocenters. The number of nitrogens with zero attached hydrogens (tertiary/aromatic N) is 3. The zero-order chi connectivity index (χ0) is 18.9. The Morgan fingerprint density at radius 3 is 2.54 bits per heavy atom. The Labute approximate surface area is 152 Å². The van der Waals surface area contributed by atoms with Gasteiger partial charge in [-0.15, -0.1) is 0 Å². The number of carbonyl (C=O) groups is 1. The normalized spacial score (nSPS) is 21.0. The summed E-state index contributed by atoms with van der Waals surface area (Å²) in [7, 11) is -2.45. The summed E-state index contributed by atoms with van der Waals surface area (Å²) < 4.78 is 34.1. The quantitative estimate of drug-likeness (QED) is 0.822. The Bertz CT molecular complexity index is 891. The molecule has 0 bridgehead atoms. The molecular formula is C17H21N3O5S. The molecule has 0 spiro atoms. The third-order valence-electron chi connectivity index (χ3n) is 4.62. The highest BCUT2D eigenvalue weighted by Crippen LogP contribution is 2.40. The van der Waals surface area contributed by atoms with E-state index in [2.05, 4.69) is 5.10 Å². The van der Waals surface area contributed by atoms with Crippen LogP contribution in [0.15, 0.2) is 41.6 Å². The lowest BCUT2D eigenvalue weighted by Gasteiger charge is -2.27. The van der Waals surface area contributed by atoms with Gasteiger partial charge in [0.25, 0.3) is 0 Å². The van der Waals surface area contributed by atoms with Crippen LogP contribution in [0.1, 0.15) is 31.4 Å². The van der Waals surface area contributed by atoms with E-state index < -0.39 is 28.1 Å². The zero-order valence-corrected chi connectivity index (χ0v) is 15.4. The van der Waals surface area contributed by atoms with Crippen LogP contribution in [-0.2, 0) is 21.4 Å². The van der Waals surface area contributed by atoms with Crippen molar-refractivity contribution in [2.24, 2.45) is 0 Å². The molecule has 1 aromatic carbocycles. The Morgan fingerprint density at radius 2 is 2.00 bits per heavy atom. The maximum atomic E-state index is 13.2. The van der Waals surface area contributed by atoms with Crippen molar-refractivity contribution in [2.75, 3.05) is 7.11 Å². The molecule has 1 aromatic heterocycles. The summed E-state index contributed by atoms with van der Waals surface area (Å²) in [4.78, 5) is 11.7. The van der Waals surface area contributed by atoms with Gasteiger partial charge in [-0.1, -0.05) is 12.1 Å². The second kappa shape index (κ2) is 7.08. The number of rotatable bonds is 6. The number of hydrogen-bond donors (Lipinski definition) is 1. The molecule has 2 heterocycles. The van der Waals surface area contributed by atoms with Gasteiger partial charge in [0.1, 0.15) is 16.7 Å². The standard InChI is InChI=1S/C17H21N3O5S/c1-3-19-11-14(10-18-19)26(23,24)20-15(8-9-16(20)17(21)22)12-4-6-13(25-2)7-5-12/h4-7,10-11,15-16H,3,8-9H2,1-2H3,(H,21,22)/t15-,16-/m0/s1. The molecule has 2 aromatic rings. The van der Waals surface area contributed by atoms with Gasteiger partial charge in [0, 0.05) is 12.7 Å². The number of carboxylic acids is 1. The highest BCUT2D eigenvalue weighted by molar-refractivity contribution is 7.89. The van der Waals surface area contributed by atoms with Crippen LogP contribution in [0.3, 0.4) is 0 Å². The van der Waals surface area contributed by atoms with Crippen molar-refractivity contribution in [3.05, 3.63) is 42.2 Å². The Kier molecular flexibility index (Phi) is 5.01. The summed E-state index contributed by atoms with van der Waals surface area (Å²) in [5.74, 6) is -0.493. The van der Waals surface area contributed by atoms with E-state index in [-0.39, 0.29) is 11.3 Å². The monoisotopic (exact) mass is 379 g/mol. The lowest BCUT2D eigenvalue weighted by molar-refractivity contribution is -0.140. The van der Waals surface area contributed by atoms with Gasteiger partial charge in [0.2, 0.25) is 10.0 Å². The van der Waals surface area contributed by atoms with Gasteiger partial charge in [0.15, 0.2) is 0 Å². The molecule has 0 aliphatic carbocycles. The predicted molar refractivity (Wildman–Crippen MR) is 93.3 cm³/mol. The van der Waals surface area contributed by atoms with E-state index in [1.165, 1.54) is 17.1 Å². The highest BCUT2D eigenvalue weighted by Gasteiger charge is 2.46. The van der Waals surface area contributed by atoms with Crippen molar-refractivity contribution in [1.82, 2.24) is 14.1 Å². The zero-order valence-electron chi connectivity index (χ0n) is 14.6. The molecular weight excluding hydrogens is 358 g/mol. The third kappa shape index (κ3) is 3.19. The molecule has 8 nitrogen and oxygen atoms in total. The number of carboxylic acid groups (broad SMARTS) is 1. The van der Waals surface area contributed by atoms with Crippen molar-refractivity contribution < 1.29 is 23.1 Å². The van der Waals surface area contributed by atoms with Crippen LogP contribution in [0.2, 0.25) is 0 Å². The first kappa shape index (κ1) is 18.4. The largest absolute Gasteiger partial charge is 0.497 e. The first-order chi connectivity index (χ1) is 12.4. The smallest absolute Gasteiger partial charge is 0.322 e. The maximum Gasteiger partial charge on any atom is 0.322 e. The molecule has 3 rings (SSSR count). The number of aryl methyl sites for hydroxylation is 1. The summed E-state index contributed by atoms with van der Waals surface area (Å²) in [6.45, 7) is 2.37. The average molecular weight is 379 g/mol. The molecule has 1 fully saturated rings. The first-order valence-corrected chi connectivity index (χ1v) is 9.75. The van der Waals surface area contributed by atoms with Crippen LogP contribution in [0.25, 0.3) is 0 Å². The molecule has 1 aliphatic rings. The fourth-order valence-electron chi connectivity index (χ4n) is 3.27. The number of aliphatic carboxylic acids is 1. The van der Waals surface area contributed by atoms with Gasteiger partial charge in [-0.05, 0) is 37.5 Å². The van der Waals surface area contributed by atoms with Gasteiger partial charge in [-0.25, -0.2) is 8.42 Å². The second-order valence-electron chi connectivity index (χ2n) is 6.09. The SMILES string of the molecule is CCn1cc(S(=O)(=O)N2[C@H](C(=O)O)CC[C@H]2c2ccc(OC)cc2)cn1. The summed E-state index contributed by atoms with van der Waals surface area (Å²) >= 11 is 0. The van der Waals surface area contributed by atoms with Crippen molar-refractivity contribution in [3.8, 4) is 5.75 Å². The van der Waals surface area contributed by atoms with Crippen LogP contribution in [0, 0.1) is 0 Å². The minimum Gasteiger partial charge on any atom is -0.497 e. The number of benzene rings is 1. The molecule has 1 N–H and O–H groups in total. The number of aromatic nitrogens is 2. The summed E-state index contributed by atoms with van der Waals surface area (Å²) in [5, 5.41) is 13.6. The molecule has 1 aliphatic heterocycles. The lowest BCUT2D eigenvalue weighted by atomic mass is 10.1. The number of methoxy groups -OCH3 is 1. The number of sulfonamides is 1. The highest BCUT2D eigenvalue weighted by atomic mass is 32.2. The summed E-state index contributed by atoms with van der Waals surface area (Å²) in [6.07, 6.45) is 3.39. The van der Waals surface area contributed by atoms with Gasteiger partial charge >= 0.3 is 5.97 Å². The van der Waals surface area contributed by atoms with Gasteiger partial charge in [-0.3, -0.25) is 9.48 Å². The predicted octanol–water partition coefficient (Wildman–Crippen LogP) is 1.89. The molecule has 0 saturated carbocycles. The molecule has 0 radical (unpaired) electrons. The van der Waals surface area contributed by atoms with Gasteiger partial charge < -0.3 is 9.84 Å². The van der Waals surface area contributed by atoms with Crippen molar-refractivity contribution in [1.29, 1.82) is 0 Å². The Morgan fingerprint density at radius 1 is 1.31 bits per heavy atom. The van der Waals surface area contributed by atoms with Crippen LogP contribution in [-0.4, -0.2) is 46.7 Å². The average Bonchev–Trinajstić information content (AvgIpc) is 3.29. The van der Waals surface area contributed by atoms with Crippen molar-refractivity contribution >= 4 is 16.0 Å². The second-order valence-corrected chi connectivity index (χ2v) is 7.93. The minimum atomic E-state index is -4.00. The van der Waals surface area contributed by atoms with Gasteiger partial charge in [0.05, 0.1) is 19.3 Å². The Balaban J connectivity index is 2.03. The fourth-order valence-corrected chi connectivity index (χ4v) is 5.04. The maximum absolute atomic E-state index is 13.2. The number of hydrogen-bond acceptors (Lipinski definition) is 5. The van der Waals surface area contributed by atoms with E-state index in [0.29, 0.717) is 18.7 Å². The Hall–Kier alpha value is -2.39. The molecule has 9 heteroatoms. The first-order valence-electron chi connectivity index (χ1n) is 8.31. The third-order valence-corrected chi connectivity index (χ3v) is 6.49. The van der Waals surface area contributed by atoms with Crippen LogP contribution in [0.5, 0.6) is 5.75 Å². The van der Waals surface area contributed by atoms with E-state index in [4.69, 9.17) is 4.74 Å². The van der Waals surface area contributed by atoms with Gasteiger partial charge in [-0.2, -0.15) is 9.40 Å². The van der Waals surface area contributed by atoms with Crippen LogP contribution >= 0.6 is 0 Å². The van der Waals surface area contributed by atoms with Crippen molar-refractivity contribution in [3.63, 3.8) is 0 Å². The van der Waals surface area contributed by atoms with E-state index in [0.717, 1.165) is 9.87 Å². The molecule has 0 amide bonds. The van der Waals surface area contributed by atoms with E-state index in [1.807, 2.05) is 6.92 Å². The molecule has 140 valence electrons. The van der Waals surface area contributed by atoms with E-state index in [9.17, 15) is 18.3 Å². The summed E-state index contributed by atoms with van der Waals surface area (Å²) in [6, 6.07) is 5.37. The van der Waals surface area contributed by atoms with Crippen molar-refractivity contribution in [2.45, 2.75) is 43.3 Å². The molecule has 1 saturated heterocycles. The van der Waals surface area contributed by atoms with Crippen LogP contribution < -0.4 is 4.74 Å². The fraction of sp³-hybridized carbons (Fsp3) is 0.412. The molecule has 26 heavy (non-hydrogen) atoms. The lowest BCUT2D eigenvalue weighted by Crippen LogP contribution is -2.41. The topological polar surface area (TPSA) is 102 Å². The van der Waals surface area contributed by atoms with E-state index in [1.54, 1.807) is 31.4 Å². The van der Waals surface area contributed by atoms with Crippen LogP contribution in [0.4, 0.5) is 0 Å². The summed E-state index contributed by atoms with van der Waals surface area (Å²) in [5.41, 5.74) is 0.737. The van der Waals surface area contributed by atoms with E-state index >= 15 is 0 Å². The number of ether oxygens (including phenoxy) is 1. The molecule has 0 unspecified atom stereocenters. The minimum absolute atomic E-state index is 0.00557.